The zero-order valence-electron chi connectivity index (χ0n) is 10.7. The number of phenolic OH excluding ortho intramolecular Hbond substituents is 1. The van der Waals surface area contributed by atoms with Gasteiger partial charge in [0.15, 0.2) is 0 Å². The Hall–Kier alpha value is -1.26. The molecular weight excluding hydrogens is 264 g/mol. The SMILES string of the molecule is NC1CCC(CNC(=O)c2cc(O)ccc2Cl)CC1. The summed E-state index contributed by atoms with van der Waals surface area (Å²) in [6, 6.07) is 4.68. The number of hydrogen-bond acceptors (Lipinski definition) is 3. The molecule has 104 valence electrons. The minimum Gasteiger partial charge on any atom is -0.508 e. The number of carbonyl (C=O) groups is 1. The van der Waals surface area contributed by atoms with Crippen molar-refractivity contribution in [2.75, 3.05) is 6.54 Å². The van der Waals surface area contributed by atoms with Gasteiger partial charge in [0, 0.05) is 12.6 Å². The minimum atomic E-state index is -0.240. The third-order valence-electron chi connectivity index (χ3n) is 3.64. The van der Waals surface area contributed by atoms with Crippen molar-refractivity contribution < 1.29 is 9.90 Å². The van der Waals surface area contributed by atoms with Gasteiger partial charge < -0.3 is 16.2 Å². The number of benzene rings is 1. The van der Waals surface area contributed by atoms with Gasteiger partial charge in [-0.05, 0) is 49.8 Å². The lowest BCUT2D eigenvalue weighted by Crippen LogP contribution is -2.34. The average molecular weight is 283 g/mol. The predicted octanol–water partition coefficient (Wildman–Crippen LogP) is 2.29. The lowest BCUT2D eigenvalue weighted by molar-refractivity contribution is 0.0943. The van der Waals surface area contributed by atoms with Gasteiger partial charge in [0.1, 0.15) is 5.75 Å². The zero-order valence-corrected chi connectivity index (χ0v) is 11.5. The summed E-state index contributed by atoms with van der Waals surface area (Å²) < 4.78 is 0. The predicted molar refractivity (Wildman–Crippen MR) is 75.4 cm³/mol. The topological polar surface area (TPSA) is 75.3 Å². The highest BCUT2D eigenvalue weighted by Gasteiger charge is 2.19. The number of nitrogens with one attached hydrogen (secondary N) is 1. The van der Waals surface area contributed by atoms with Crippen LogP contribution in [0.4, 0.5) is 0 Å². The molecule has 1 aliphatic rings. The normalized spacial score (nSPS) is 23.1. The molecule has 19 heavy (non-hydrogen) atoms. The number of hydrogen-bond donors (Lipinski definition) is 3. The molecule has 0 unspecified atom stereocenters. The van der Waals surface area contributed by atoms with Crippen molar-refractivity contribution in [2.24, 2.45) is 11.7 Å². The number of aromatic hydroxyl groups is 1. The Bertz CT molecular complexity index is 457. The lowest BCUT2D eigenvalue weighted by atomic mass is 9.86. The first-order valence-electron chi connectivity index (χ1n) is 6.58. The first kappa shape index (κ1) is 14.2. The molecule has 2 rings (SSSR count). The van der Waals surface area contributed by atoms with Crippen molar-refractivity contribution >= 4 is 17.5 Å². The molecule has 0 heterocycles. The van der Waals surface area contributed by atoms with Gasteiger partial charge >= 0.3 is 0 Å². The van der Waals surface area contributed by atoms with E-state index < -0.39 is 0 Å². The zero-order chi connectivity index (χ0) is 13.8. The second kappa shape index (κ2) is 6.26. The van der Waals surface area contributed by atoms with E-state index >= 15 is 0 Å². The van der Waals surface area contributed by atoms with E-state index in [2.05, 4.69) is 5.32 Å². The van der Waals surface area contributed by atoms with Crippen LogP contribution in [0.2, 0.25) is 5.02 Å². The van der Waals surface area contributed by atoms with Crippen LogP contribution in [0, 0.1) is 5.92 Å². The van der Waals surface area contributed by atoms with E-state index in [1.54, 1.807) is 0 Å². The summed E-state index contributed by atoms with van der Waals surface area (Å²) in [7, 11) is 0. The molecule has 0 spiro atoms. The van der Waals surface area contributed by atoms with Gasteiger partial charge in [-0.15, -0.1) is 0 Å². The Labute approximate surface area is 117 Å². The molecule has 4 N–H and O–H groups in total. The standard InChI is InChI=1S/C14H19ClN2O2/c15-13-6-5-11(18)7-12(13)14(19)17-8-9-1-3-10(16)4-2-9/h5-7,9-10,18H,1-4,8,16H2,(H,17,19). The van der Waals surface area contributed by atoms with Crippen LogP contribution >= 0.6 is 11.6 Å². The van der Waals surface area contributed by atoms with Gasteiger partial charge in [0.05, 0.1) is 10.6 Å². The molecule has 0 saturated heterocycles. The fourth-order valence-electron chi connectivity index (χ4n) is 2.41. The monoisotopic (exact) mass is 282 g/mol. The highest BCUT2D eigenvalue weighted by molar-refractivity contribution is 6.33. The fourth-order valence-corrected chi connectivity index (χ4v) is 2.62. The highest BCUT2D eigenvalue weighted by atomic mass is 35.5. The highest BCUT2D eigenvalue weighted by Crippen LogP contribution is 2.23. The number of phenols is 1. The molecule has 0 aliphatic heterocycles. The van der Waals surface area contributed by atoms with Gasteiger partial charge in [0.25, 0.3) is 5.91 Å². The summed E-state index contributed by atoms with van der Waals surface area (Å²) in [4.78, 5) is 12.0. The smallest absolute Gasteiger partial charge is 0.252 e. The largest absolute Gasteiger partial charge is 0.508 e. The van der Waals surface area contributed by atoms with Crippen LogP contribution in [0.1, 0.15) is 36.0 Å². The molecule has 4 nitrogen and oxygen atoms in total. The molecule has 0 atom stereocenters. The van der Waals surface area contributed by atoms with Crippen molar-refractivity contribution in [3.8, 4) is 5.75 Å². The van der Waals surface area contributed by atoms with E-state index in [4.69, 9.17) is 17.3 Å². The Morgan fingerprint density at radius 1 is 1.37 bits per heavy atom. The first-order valence-corrected chi connectivity index (χ1v) is 6.96. The lowest BCUT2D eigenvalue weighted by Gasteiger charge is -2.26. The van der Waals surface area contributed by atoms with E-state index in [1.807, 2.05) is 0 Å². The van der Waals surface area contributed by atoms with Crippen molar-refractivity contribution in [3.63, 3.8) is 0 Å². The van der Waals surface area contributed by atoms with Gasteiger partial charge in [-0.25, -0.2) is 0 Å². The summed E-state index contributed by atoms with van der Waals surface area (Å²) in [6.45, 7) is 0.636. The second-order valence-electron chi connectivity index (χ2n) is 5.15. The van der Waals surface area contributed by atoms with E-state index in [-0.39, 0.29) is 11.7 Å². The maximum absolute atomic E-state index is 12.0. The van der Waals surface area contributed by atoms with Crippen LogP contribution in [0.5, 0.6) is 5.75 Å². The average Bonchev–Trinajstić information content (AvgIpc) is 2.40. The molecule has 1 fully saturated rings. The van der Waals surface area contributed by atoms with Crippen LogP contribution in [0.3, 0.4) is 0 Å². The first-order chi connectivity index (χ1) is 9.06. The maximum Gasteiger partial charge on any atom is 0.252 e. The summed E-state index contributed by atoms with van der Waals surface area (Å²) in [5, 5.41) is 12.6. The number of amides is 1. The molecule has 1 aromatic rings. The van der Waals surface area contributed by atoms with Crippen LogP contribution in [-0.4, -0.2) is 23.6 Å². The van der Waals surface area contributed by atoms with Gasteiger partial charge in [0.2, 0.25) is 0 Å². The van der Waals surface area contributed by atoms with E-state index in [9.17, 15) is 9.90 Å². The number of rotatable bonds is 3. The Morgan fingerprint density at radius 3 is 2.74 bits per heavy atom. The maximum atomic E-state index is 12.0. The molecule has 5 heteroatoms. The molecule has 0 radical (unpaired) electrons. The van der Waals surface area contributed by atoms with E-state index in [0.29, 0.717) is 29.1 Å². The third kappa shape index (κ3) is 3.85. The molecule has 1 saturated carbocycles. The van der Waals surface area contributed by atoms with Gasteiger partial charge in [-0.3, -0.25) is 4.79 Å². The minimum absolute atomic E-state index is 0.0400. The molecule has 1 amide bonds. The third-order valence-corrected chi connectivity index (χ3v) is 3.97. The second-order valence-corrected chi connectivity index (χ2v) is 5.56. The van der Waals surface area contributed by atoms with Crippen LogP contribution in [0.15, 0.2) is 18.2 Å². The van der Waals surface area contributed by atoms with E-state index in [0.717, 1.165) is 25.7 Å². The summed E-state index contributed by atoms with van der Waals surface area (Å²) >= 11 is 5.94. The van der Waals surface area contributed by atoms with Gasteiger partial charge in [-0.1, -0.05) is 11.6 Å². The summed E-state index contributed by atoms with van der Waals surface area (Å²) in [5.74, 6) is 0.286. The summed E-state index contributed by atoms with van der Waals surface area (Å²) in [5.41, 5.74) is 6.16. The number of nitrogens with two attached hydrogens (primary N) is 1. The quantitative estimate of drug-likeness (QED) is 0.796. The molecule has 1 aromatic carbocycles. The van der Waals surface area contributed by atoms with Crippen molar-refractivity contribution in [2.45, 2.75) is 31.7 Å². The fraction of sp³-hybridized carbons (Fsp3) is 0.500. The van der Waals surface area contributed by atoms with Crippen molar-refractivity contribution in [1.82, 2.24) is 5.32 Å². The Balaban J connectivity index is 1.89. The molecular formula is C14H19ClN2O2. The van der Waals surface area contributed by atoms with Gasteiger partial charge in [-0.2, -0.15) is 0 Å². The van der Waals surface area contributed by atoms with Crippen molar-refractivity contribution in [3.05, 3.63) is 28.8 Å². The molecule has 1 aliphatic carbocycles. The Kier molecular flexibility index (Phi) is 4.66. The summed E-state index contributed by atoms with van der Waals surface area (Å²) in [6.07, 6.45) is 4.14. The van der Waals surface area contributed by atoms with Crippen LogP contribution in [0.25, 0.3) is 0 Å². The van der Waals surface area contributed by atoms with Crippen LogP contribution < -0.4 is 11.1 Å². The Morgan fingerprint density at radius 2 is 2.05 bits per heavy atom. The van der Waals surface area contributed by atoms with Crippen LogP contribution in [-0.2, 0) is 0 Å². The number of carbonyl (C=O) groups excluding carboxylic acids is 1. The molecule has 0 aromatic heterocycles. The number of halogens is 1. The molecule has 0 bridgehead atoms. The van der Waals surface area contributed by atoms with E-state index in [1.165, 1.54) is 18.2 Å². The van der Waals surface area contributed by atoms with Crippen molar-refractivity contribution in [1.29, 1.82) is 0 Å².